The van der Waals surface area contributed by atoms with Crippen molar-refractivity contribution in [3.8, 4) is 16.3 Å². The molecule has 7 nitrogen and oxygen atoms in total. The number of thiazole rings is 1. The van der Waals surface area contributed by atoms with E-state index in [-0.39, 0.29) is 17.1 Å². The van der Waals surface area contributed by atoms with Gasteiger partial charge in [-0.2, -0.15) is 0 Å². The van der Waals surface area contributed by atoms with E-state index in [2.05, 4.69) is 9.71 Å². The van der Waals surface area contributed by atoms with Gasteiger partial charge in [0.2, 0.25) is 0 Å². The van der Waals surface area contributed by atoms with Gasteiger partial charge in [-0.1, -0.05) is 66.7 Å². The average Bonchev–Trinajstić information content (AvgIpc) is 3.46. The van der Waals surface area contributed by atoms with Crippen LogP contribution in [0.5, 0.6) is 5.75 Å². The number of carbonyl (C=O) groups excluding carboxylic acids is 1. The lowest BCUT2D eigenvalue weighted by Crippen LogP contribution is -2.14. The molecule has 0 fully saturated rings. The van der Waals surface area contributed by atoms with Crippen molar-refractivity contribution in [2.45, 2.75) is 18.1 Å². The molecule has 1 aromatic heterocycles. The first-order valence-corrected chi connectivity index (χ1v) is 14.4. The van der Waals surface area contributed by atoms with Gasteiger partial charge in [0.25, 0.3) is 10.0 Å². The van der Waals surface area contributed by atoms with Crippen LogP contribution >= 0.6 is 11.3 Å². The van der Waals surface area contributed by atoms with Crippen molar-refractivity contribution >= 4 is 33.0 Å². The number of aromatic nitrogens is 1. The highest BCUT2D eigenvalue weighted by Crippen LogP contribution is 2.24. The van der Waals surface area contributed by atoms with Crippen molar-refractivity contribution in [2.75, 3.05) is 4.72 Å². The van der Waals surface area contributed by atoms with Gasteiger partial charge in [-0.05, 0) is 48.0 Å². The molecule has 0 bridgehead atoms. The van der Waals surface area contributed by atoms with Crippen molar-refractivity contribution < 1.29 is 22.7 Å². The van der Waals surface area contributed by atoms with Crippen LogP contribution < -0.4 is 9.46 Å². The minimum absolute atomic E-state index is 0.0178. The summed E-state index contributed by atoms with van der Waals surface area (Å²) in [5.74, 6) is -0.0243. The molecule has 4 aromatic carbocycles. The fraction of sp³-hybridized carbons (Fsp3) is 0.0667. The Kier molecular flexibility index (Phi) is 8.00. The lowest BCUT2D eigenvalue weighted by molar-refractivity contribution is 0.0468. The van der Waals surface area contributed by atoms with Crippen LogP contribution in [0.25, 0.3) is 10.6 Å². The molecule has 0 radical (unpaired) electrons. The Hall–Kier alpha value is -4.47. The van der Waals surface area contributed by atoms with Crippen molar-refractivity contribution in [1.29, 1.82) is 0 Å². The summed E-state index contributed by atoms with van der Waals surface area (Å²) in [6.45, 7) is 0.390. The Bertz CT molecular complexity index is 1650. The maximum Gasteiger partial charge on any atom is 0.338 e. The van der Waals surface area contributed by atoms with E-state index in [0.717, 1.165) is 16.1 Å². The molecule has 0 saturated heterocycles. The Morgan fingerprint density at radius 1 is 0.821 bits per heavy atom. The maximum atomic E-state index is 13.0. The van der Waals surface area contributed by atoms with E-state index in [1.807, 2.05) is 66.0 Å². The van der Waals surface area contributed by atoms with Gasteiger partial charge < -0.3 is 9.47 Å². The fourth-order valence-electron chi connectivity index (χ4n) is 3.67. The summed E-state index contributed by atoms with van der Waals surface area (Å²) in [4.78, 5) is 17.1. The number of nitrogens with one attached hydrogen (secondary N) is 1. The normalized spacial score (nSPS) is 11.1. The minimum Gasteiger partial charge on any atom is -0.489 e. The van der Waals surface area contributed by atoms with E-state index in [9.17, 15) is 13.2 Å². The van der Waals surface area contributed by atoms with Crippen molar-refractivity contribution in [1.82, 2.24) is 4.98 Å². The molecule has 0 aliphatic rings. The monoisotopic (exact) mass is 556 g/mol. The smallest absolute Gasteiger partial charge is 0.338 e. The zero-order chi connectivity index (χ0) is 27.1. The van der Waals surface area contributed by atoms with Gasteiger partial charge in [0, 0.05) is 16.6 Å². The number of anilines is 1. The molecule has 0 unspecified atom stereocenters. The number of hydrogen-bond acceptors (Lipinski definition) is 7. The van der Waals surface area contributed by atoms with Crippen LogP contribution in [0.15, 0.2) is 119 Å². The van der Waals surface area contributed by atoms with Crippen molar-refractivity contribution in [3.63, 3.8) is 0 Å². The summed E-state index contributed by atoms with van der Waals surface area (Å²) < 4.78 is 39.6. The second-order valence-corrected chi connectivity index (χ2v) is 11.1. The van der Waals surface area contributed by atoms with Gasteiger partial charge in [-0.15, -0.1) is 11.3 Å². The van der Waals surface area contributed by atoms with Gasteiger partial charge >= 0.3 is 5.97 Å². The van der Waals surface area contributed by atoms with Crippen LogP contribution in [-0.4, -0.2) is 19.4 Å². The Labute approximate surface area is 230 Å². The summed E-state index contributed by atoms with van der Waals surface area (Å²) in [7, 11) is -3.94. The number of rotatable bonds is 10. The van der Waals surface area contributed by atoms with Gasteiger partial charge in [0.1, 0.15) is 24.0 Å². The molecule has 0 atom stereocenters. The number of esters is 1. The number of hydrogen-bond donors (Lipinski definition) is 1. The summed E-state index contributed by atoms with van der Waals surface area (Å²) in [6, 6.07) is 31.8. The van der Waals surface area contributed by atoms with Gasteiger partial charge in [-0.25, -0.2) is 18.2 Å². The third-order valence-electron chi connectivity index (χ3n) is 5.66. The highest BCUT2D eigenvalue weighted by atomic mass is 32.2. The number of sulfonamides is 1. The molecule has 0 amide bonds. The summed E-state index contributed by atoms with van der Waals surface area (Å²) in [5, 5.41) is 2.66. The van der Waals surface area contributed by atoms with E-state index in [4.69, 9.17) is 9.47 Å². The predicted octanol–water partition coefficient (Wildman–Crippen LogP) is 6.55. The Morgan fingerprint density at radius 3 is 2.28 bits per heavy atom. The second kappa shape index (κ2) is 11.9. The van der Waals surface area contributed by atoms with Crippen LogP contribution in [0.1, 0.15) is 21.6 Å². The molecule has 0 aliphatic heterocycles. The van der Waals surface area contributed by atoms with Crippen LogP contribution in [-0.2, 0) is 28.0 Å². The highest BCUT2D eigenvalue weighted by molar-refractivity contribution is 7.92. The van der Waals surface area contributed by atoms with E-state index >= 15 is 0 Å². The molecule has 0 aliphatic carbocycles. The summed E-state index contributed by atoms with van der Waals surface area (Å²) >= 11 is 1.46. The van der Waals surface area contributed by atoms with Crippen molar-refractivity contribution in [2.24, 2.45) is 0 Å². The van der Waals surface area contributed by atoms with Gasteiger partial charge in [0.15, 0.2) is 0 Å². The quantitative estimate of drug-likeness (QED) is 0.196. The molecule has 5 aromatic rings. The van der Waals surface area contributed by atoms with Crippen molar-refractivity contribution in [3.05, 3.63) is 131 Å². The largest absolute Gasteiger partial charge is 0.489 e. The number of ether oxygens (including phenoxy) is 2. The summed E-state index contributed by atoms with van der Waals surface area (Å²) in [6.07, 6.45) is 0. The first kappa shape index (κ1) is 26.1. The number of carbonyl (C=O) groups is 1. The first-order valence-electron chi connectivity index (χ1n) is 12.0. The highest BCUT2D eigenvalue weighted by Gasteiger charge is 2.18. The molecule has 39 heavy (non-hydrogen) atoms. The zero-order valence-corrected chi connectivity index (χ0v) is 22.3. The molecule has 1 N–H and O–H groups in total. The maximum absolute atomic E-state index is 13.0. The molecular weight excluding hydrogens is 532 g/mol. The van der Waals surface area contributed by atoms with Crippen LogP contribution in [0, 0.1) is 0 Å². The zero-order valence-electron chi connectivity index (χ0n) is 20.7. The fourth-order valence-corrected chi connectivity index (χ4v) is 5.59. The van der Waals surface area contributed by atoms with E-state index in [1.54, 1.807) is 24.3 Å². The molecule has 196 valence electrons. The topological polar surface area (TPSA) is 94.6 Å². The molecule has 5 rings (SSSR count). The predicted molar refractivity (Wildman–Crippen MR) is 151 cm³/mol. The third-order valence-corrected chi connectivity index (χ3v) is 7.98. The standard InChI is InChI=1S/C30H24N2O5S2/c33-30(37-20-26-21-38-29(31-26)23-10-5-2-6-11-23)24-12-7-13-28(18-24)39(34,35)32-25-14-16-27(17-15-25)36-19-22-8-3-1-4-9-22/h1-18,21,32H,19-20H2. The lowest BCUT2D eigenvalue weighted by Gasteiger charge is -2.11. The van der Waals surface area contributed by atoms with E-state index < -0.39 is 16.0 Å². The minimum atomic E-state index is -3.94. The van der Waals surface area contributed by atoms with Crippen LogP contribution in [0.2, 0.25) is 0 Å². The lowest BCUT2D eigenvalue weighted by atomic mass is 10.2. The number of nitrogens with zero attached hydrogens (tertiary/aromatic N) is 1. The molecule has 0 spiro atoms. The Morgan fingerprint density at radius 2 is 1.54 bits per heavy atom. The SMILES string of the molecule is O=C(OCc1csc(-c2ccccc2)n1)c1cccc(S(=O)(=O)Nc2ccc(OCc3ccccc3)cc2)c1. The second-order valence-electron chi connectivity index (χ2n) is 8.52. The van der Waals surface area contributed by atoms with Gasteiger partial charge in [-0.3, -0.25) is 4.72 Å². The van der Waals surface area contributed by atoms with Crippen LogP contribution in [0.3, 0.4) is 0 Å². The average molecular weight is 557 g/mol. The number of benzene rings is 4. The third kappa shape index (κ3) is 6.90. The Balaban J connectivity index is 1.19. The molecule has 1 heterocycles. The first-order chi connectivity index (χ1) is 19.0. The van der Waals surface area contributed by atoms with Crippen LogP contribution in [0.4, 0.5) is 5.69 Å². The molecule has 9 heteroatoms. The van der Waals surface area contributed by atoms with Gasteiger partial charge in [0.05, 0.1) is 16.2 Å². The molecular formula is C30H24N2O5S2. The van der Waals surface area contributed by atoms with E-state index in [1.165, 1.54) is 35.6 Å². The van der Waals surface area contributed by atoms with E-state index in [0.29, 0.717) is 23.7 Å². The molecule has 0 saturated carbocycles. The summed E-state index contributed by atoms with van der Waals surface area (Å²) in [5.41, 5.74) is 3.13.